The van der Waals surface area contributed by atoms with Crippen molar-refractivity contribution in [2.24, 2.45) is 0 Å². The molecule has 2 heterocycles. The lowest BCUT2D eigenvalue weighted by Crippen LogP contribution is -2.51. The molecule has 2 aliphatic heterocycles. The van der Waals surface area contributed by atoms with Gasteiger partial charge in [0.05, 0.1) is 25.1 Å². The van der Waals surface area contributed by atoms with Crippen molar-refractivity contribution in [3.05, 3.63) is 24.3 Å². The number of nitrogens with zero attached hydrogens (tertiary/aromatic N) is 2. The highest BCUT2D eigenvalue weighted by molar-refractivity contribution is 8.00. The number of para-hydroxylation sites is 2. The molecule has 2 aliphatic rings. The zero-order valence-electron chi connectivity index (χ0n) is 16.6. The van der Waals surface area contributed by atoms with Crippen molar-refractivity contribution in [1.29, 1.82) is 0 Å². The number of ketones is 1. The SMILES string of the molecule is COc1ccccc1OCC1SCCN1C(=S)CC(=O)CN1CCNCC1C. The highest BCUT2D eigenvalue weighted by atomic mass is 32.2. The monoisotopic (exact) mass is 423 g/mol. The predicted molar refractivity (Wildman–Crippen MR) is 118 cm³/mol. The number of thiocarbonyl (C=S) groups is 1. The first-order chi connectivity index (χ1) is 13.6. The second-order valence-corrected chi connectivity index (χ2v) is 8.87. The van der Waals surface area contributed by atoms with Crippen molar-refractivity contribution in [2.45, 2.75) is 24.8 Å². The number of benzene rings is 1. The van der Waals surface area contributed by atoms with Crippen molar-refractivity contribution in [3.8, 4) is 11.5 Å². The fraction of sp³-hybridized carbons (Fsp3) is 0.600. The minimum Gasteiger partial charge on any atom is -0.493 e. The molecule has 2 saturated heterocycles. The van der Waals surface area contributed by atoms with E-state index in [2.05, 4.69) is 22.0 Å². The van der Waals surface area contributed by atoms with Crippen LogP contribution in [0.4, 0.5) is 0 Å². The summed E-state index contributed by atoms with van der Waals surface area (Å²) in [5.74, 6) is 2.63. The van der Waals surface area contributed by atoms with E-state index < -0.39 is 0 Å². The molecule has 0 spiro atoms. The molecule has 2 fully saturated rings. The number of ether oxygens (including phenoxy) is 2. The smallest absolute Gasteiger partial charge is 0.161 e. The van der Waals surface area contributed by atoms with E-state index in [1.165, 1.54) is 0 Å². The van der Waals surface area contributed by atoms with E-state index in [1.807, 2.05) is 36.0 Å². The van der Waals surface area contributed by atoms with Crippen LogP contribution in [0.25, 0.3) is 0 Å². The van der Waals surface area contributed by atoms with E-state index in [0.29, 0.717) is 25.6 Å². The van der Waals surface area contributed by atoms with E-state index in [0.717, 1.165) is 48.4 Å². The lowest BCUT2D eigenvalue weighted by atomic mass is 10.1. The molecule has 0 radical (unpaired) electrons. The normalized spacial score (nSPS) is 22.9. The van der Waals surface area contributed by atoms with Gasteiger partial charge in [0, 0.05) is 38.0 Å². The molecule has 0 bridgehead atoms. The van der Waals surface area contributed by atoms with Gasteiger partial charge in [-0.05, 0) is 19.1 Å². The third-order valence-corrected chi connectivity index (χ3v) is 6.70. The summed E-state index contributed by atoms with van der Waals surface area (Å²) in [7, 11) is 1.64. The van der Waals surface area contributed by atoms with Crippen LogP contribution in [0.2, 0.25) is 0 Å². The van der Waals surface area contributed by atoms with Gasteiger partial charge in [-0.25, -0.2) is 0 Å². The van der Waals surface area contributed by atoms with Crippen LogP contribution < -0.4 is 14.8 Å². The van der Waals surface area contributed by atoms with Crippen LogP contribution in [-0.2, 0) is 4.79 Å². The quantitative estimate of drug-likeness (QED) is 0.638. The number of piperazine rings is 1. The Balaban J connectivity index is 1.50. The minimum atomic E-state index is 0.128. The van der Waals surface area contributed by atoms with Gasteiger partial charge in [0.15, 0.2) is 17.3 Å². The number of thioether (sulfide) groups is 1. The first-order valence-corrected chi connectivity index (χ1v) is 11.2. The fourth-order valence-electron chi connectivity index (χ4n) is 3.51. The highest BCUT2D eigenvalue weighted by Gasteiger charge is 2.29. The molecule has 8 heteroatoms. The standard InChI is InChI=1S/C20H29N3O3S2/c1-15-12-21-7-8-22(15)13-16(24)11-19(27)23-9-10-28-20(23)14-26-18-6-4-3-5-17(18)25-2/h3-6,15,20-21H,7-14H2,1-2H3. The molecule has 1 aromatic carbocycles. The topological polar surface area (TPSA) is 54.0 Å². The molecule has 0 aliphatic carbocycles. The van der Waals surface area contributed by atoms with Crippen molar-refractivity contribution in [2.75, 3.05) is 52.2 Å². The summed E-state index contributed by atoms with van der Waals surface area (Å²) in [6.45, 7) is 6.78. The van der Waals surface area contributed by atoms with E-state index >= 15 is 0 Å². The van der Waals surface area contributed by atoms with Gasteiger partial charge in [-0.15, -0.1) is 11.8 Å². The number of hydrogen-bond donors (Lipinski definition) is 1. The molecule has 28 heavy (non-hydrogen) atoms. The summed E-state index contributed by atoms with van der Waals surface area (Å²) in [5.41, 5.74) is 0. The molecular formula is C20H29N3O3S2. The van der Waals surface area contributed by atoms with E-state index in [-0.39, 0.29) is 11.2 Å². The van der Waals surface area contributed by atoms with Crippen molar-refractivity contribution >= 4 is 34.8 Å². The van der Waals surface area contributed by atoms with Crippen LogP contribution in [0.15, 0.2) is 24.3 Å². The maximum atomic E-state index is 12.6. The van der Waals surface area contributed by atoms with Gasteiger partial charge in [-0.2, -0.15) is 0 Å². The van der Waals surface area contributed by atoms with Gasteiger partial charge in [-0.3, -0.25) is 9.69 Å². The second-order valence-electron chi connectivity index (χ2n) is 7.11. The van der Waals surface area contributed by atoms with E-state index in [1.54, 1.807) is 7.11 Å². The molecular weight excluding hydrogens is 394 g/mol. The summed E-state index contributed by atoms with van der Waals surface area (Å²) in [4.78, 5) is 17.7. The maximum absolute atomic E-state index is 12.6. The number of carbonyl (C=O) groups is 1. The molecule has 2 atom stereocenters. The molecule has 1 aromatic rings. The van der Waals surface area contributed by atoms with Gasteiger partial charge in [0.1, 0.15) is 12.0 Å². The number of methoxy groups -OCH3 is 1. The second kappa shape index (κ2) is 10.4. The van der Waals surface area contributed by atoms with Crippen molar-refractivity contribution in [1.82, 2.24) is 15.1 Å². The summed E-state index contributed by atoms with van der Waals surface area (Å²) < 4.78 is 11.3. The Bertz CT molecular complexity index is 688. The first kappa shape index (κ1) is 21.4. The number of hydrogen-bond acceptors (Lipinski definition) is 7. The Hall–Kier alpha value is -1.35. The predicted octanol–water partition coefficient (Wildman–Crippen LogP) is 2.03. The lowest BCUT2D eigenvalue weighted by molar-refractivity contribution is -0.119. The summed E-state index contributed by atoms with van der Waals surface area (Å²) in [6.07, 6.45) is 0.331. The number of carbonyl (C=O) groups excluding carboxylic acids is 1. The largest absolute Gasteiger partial charge is 0.493 e. The zero-order chi connectivity index (χ0) is 19.9. The third kappa shape index (κ3) is 5.59. The summed E-state index contributed by atoms with van der Waals surface area (Å²) >= 11 is 7.44. The van der Waals surface area contributed by atoms with Gasteiger partial charge < -0.3 is 19.7 Å². The van der Waals surface area contributed by atoms with Gasteiger partial charge in [0.25, 0.3) is 0 Å². The average molecular weight is 424 g/mol. The number of rotatable bonds is 8. The van der Waals surface area contributed by atoms with Crippen molar-refractivity contribution < 1.29 is 14.3 Å². The van der Waals surface area contributed by atoms with Crippen LogP contribution in [-0.4, -0.2) is 84.2 Å². The van der Waals surface area contributed by atoms with E-state index in [4.69, 9.17) is 21.7 Å². The molecule has 2 unspecified atom stereocenters. The van der Waals surface area contributed by atoms with Crippen molar-refractivity contribution in [3.63, 3.8) is 0 Å². The van der Waals surface area contributed by atoms with Gasteiger partial charge in [-0.1, -0.05) is 24.4 Å². The Morgan fingerprint density at radius 1 is 1.32 bits per heavy atom. The fourth-order valence-corrected chi connectivity index (χ4v) is 5.11. The van der Waals surface area contributed by atoms with Crippen LogP contribution >= 0.6 is 24.0 Å². The molecule has 154 valence electrons. The number of Topliss-reactive ketones (excluding diaryl/α,β-unsaturated/α-hetero) is 1. The average Bonchev–Trinajstić information content (AvgIpc) is 3.17. The molecule has 6 nitrogen and oxygen atoms in total. The molecule has 0 saturated carbocycles. The van der Waals surface area contributed by atoms with Gasteiger partial charge >= 0.3 is 0 Å². The van der Waals surface area contributed by atoms with Crippen LogP contribution in [0.3, 0.4) is 0 Å². The van der Waals surface area contributed by atoms with Crippen LogP contribution in [0, 0.1) is 0 Å². The summed E-state index contributed by atoms with van der Waals surface area (Å²) in [5, 5.41) is 3.48. The third-order valence-electron chi connectivity index (χ3n) is 5.13. The minimum absolute atomic E-state index is 0.128. The molecule has 0 aromatic heterocycles. The Labute approximate surface area is 176 Å². The molecule has 0 amide bonds. The van der Waals surface area contributed by atoms with Gasteiger partial charge in [0.2, 0.25) is 0 Å². The number of nitrogens with one attached hydrogen (secondary N) is 1. The molecule has 1 N–H and O–H groups in total. The first-order valence-electron chi connectivity index (χ1n) is 9.72. The lowest BCUT2D eigenvalue weighted by Gasteiger charge is -2.33. The van der Waals surface area contributed by atoms with E-state index in [9.17, 15) is 4.79 Å². The summed E-state index contributed by atoms with van der Waals surface area (Å²) in [6, 6.07) is 8.02. The Morgan fingerprint density at radius 3 is 2.86 bits per heavy atom. The maximum Gasteiger partial charge on any atom is 0.161 e. The Kier molecular flexibility index (Phi) is 7.96. The molecule has 3 rings (SSSR count). The zero-order valence-corrected chi connectivity index (χ0v) is 18.2. The van der Waals surface area contributed by atoms with Crippen LogP contribution in [0.5, 0.6) is 11.5 Å². The highest BCUT2D eigenvalue weighted by Crippen LogP contribution is 2.29. The Morgan fingerprint density at radius 2 is 2.11 bits per heavy atom. The van der Waals surface area contributed by atoms with Crippen LogP contribution in [0.1, 0.15) is 13.3 Å².